The maximum absolute atomic E-state index is 6.27. The first-order valence-electron chi connectivity index (χ1n) is 17.7. The molecule has 52 heavy (non-hydrogen) atoms. The molecule has 10 rings (SSSR count). The zero-order chi connectivity index (χ0) is 34.8. The Kier molecular flexibility index (Phi) is 6.80. The van der Waals surface area contributed by atoms with E-state index in [1.165, 1.54) is 44.2 Å². The Morgan fingerprint density at radius 2 is 0.942 bits per heavy atom. The summed E-state index contributed by atoms with van der Waals surface area (Å²) in [7, 11) is 0. The Bertz CT molecular complexity index is 2740. The number of rotatable bonds is 5. The minimum Gasteiger partial charge on any atom is -0.456 e. The van der Waals surface area contributed by atoms with Crippen molar-refractivity contribution in [3.8, 4) is 67.5 Å². The van der Waals surface area contributed by atoms with Gasteiger partial charge in [0.2, 0.25) is 0 Å². The average Bonchev–Trinajstić information content (AvgIpc) is 3.70. The van der Waals surface area contributed by atoms with Gasteiger partial charge in [-0.05, 0) is 68.8 Å². The van der Waals surface area contributed by atoms with Gasteiger partial charge in [0.25, 0.3) is 0 Å². The van der Waals surface area contributed by atoms with Gasteiger partial charge in [-0.3, -0.25) is 0 Å². The fourth-order valence-electron chi connectivity index (χ4n) is 7.85. The molecular weight excluding hydrogens is 635 g/mol. The highest BCUT2D eigenvalue weighted by molar-refractivity contribution is 6.15. The molecule has 246 valence electrons. The fourth-order valence-corrected chi connectivity index (χ4v) is 7.85. The highest BCUT2D eigenvalue weighted by Gasteiger charge is 2.37. The van der Waals surface area contributed by atoms with Crippen LogP contribution >= 0.6 is 0 Å². The van der Waals surface area contributed by atoms with Gasteiger partial charge in [-0.1, -0.05) is 153 Å². The van der Waals surface area contributed by atoms with E-state index in [2.05, 4.69) is 111 Å². The van der Waals surface area contributed by atoms with Gasteiger partial charge in [0.05, 0.1) is 0 Å². The largest absolute Gasteiger partial charge is 0.456 e. The molecule has 2 aromatic heterocycles. The first-order valence-corrected chi connectivity index (χ1v) is 17.7. The molecule has 2 heterocycles. The Morgan fingerprint density at radius 3 is 1.62 bits per heavy atom. The van der Waals surface area contributed by atoms with Gasteiger partial charge in [-0.25, -0.2) is 15.0 Å². The Labute approximate surface area is 302 Å². The summed E-state index contributed by atoms with van der Waals surface area (Å²) in [5.41, 5.74) is 14.5. The van der Waals surface area contributed by atoms with Crippen molar-refractivity contribution in [3.63, 3.8) is 0 Å². The van der Waals surface area contributed by atoms with Crippen LogP contribution in [0.15, 0.2) is 168 Å². The third kappa shape index (κ3) is 4.87. The molecule has 1 aliphatic rings. The van der Waals surface area contributed by atoms with E-state index in [1.54, 1.807) is 0 Å². The van der Waals surface area contributed by atoms with Gasteiger partial charge in [0.15, 0.2) is 17.5 Å². The summed E-state index contributed by atoms with van der Waals surface area (Å²) in [6.45, 7) is 4.67. The SMILES string of the molecule is CC1(C)c2cc(-c3ccc(-c4cccc(-c5nc(-c6ccccc6)nc(-c6ccccc6)n5)c4)cc3)ccc2-c2c1ccc1oc3ccccc3c21. The van der Waals surface area contributed by atoms with Crippen molar-refractivity contribution in [1.82, 2.24) is 15.0 Å². The number of fused-ring (bicyclic) bond motifs is 7. The molecule has 0 aliphatic heterocycles. The monoisotopic (exact) mass is 667 g/mol. The minimum atomic E-state index is -0.136. The van der Waals surface area contributed by atoms with Crippen molar-refractivity contribution >= 4 is 21.9 Å². The van der Waals surface area contributed by atoms with Crippen molar-refractivity contribution < 1.29 is 4.42 Å². The fraction of sp³-hybridized carbons (Fsp3) is 0.0625. The third-order valence-electron chi connectivity index (χ3n) is 10.6. The molecule has 0 saturated carbocycles. The highest BCUT2D eigenvalue weighted by atomic mass is 16.3. The first-order chi connectivity index (χ1) is 25.5. The van der Waals surface area contributed by atoms with Crippen LogP contribution in [0.2, 0.25) is 0 Å². The topological polar surface area (TPSA) is 51.8 Å². The van der Waals surface area contributed by atoms with Gasteiger partial charge in [0, 0.05) is 32.9 Å². The molecule has 4 heteroatoms. The summed E-state index contributed by atoms with van der Waals surface area (Å²) in [4.78, 5) is 14.7. The van der Waals surface area contributed by atoms with E-state index in [-0.39, 0.29) is 5.41 Å². The van der Waals surface area contributed by atoms with Crippen LogP contribution < -0.4 is 0 Å². The van der Waals surface area contributed by atoms with E-state index in [4.69, 9.17) is 19.4 Å². The van der Waals surface area contributed by atoms with Gasteiger partial charge in [-0.15, -0.1) is 0 Å². The Balaban J connectivity index is 1.00. The number of furan rings is 1. The summed E-state index contributed by atoms with van der Waals surface area (Å²) < 4.78 is 6.27. The van der Waals surface area contributed by atoms with Crippen LogP contribution in [-0.2, 0) is 5.41 Å². The normalized spacial score (nSPS) is 13.0. The smallest absolute Gasteiger partial charge is 0.164 e. The van der Waals surface area contributed by atoms with Crippen molar-refractivity contribution in [2.24, 2.45) is 0 Å². The highest BCUT2D eigenvalue weighted by Crippen LogP contribution is 2.53. The Hall–Kier alpha value is -6.65. The second-order valence-corrected chi connectivity index (χ2v) is 14.0. The van der Waals surface area contributed by atoms with E-state index >= 15 is 0 Å². The lowest BCUT2D eigenvalue weighted by atomic mass is 9.81. The molecule has 0 N–H and O–H groups in total. The van der Waals surface area contributed by atoms with Crippen LogP contribution in [0.1, 0.15) is 25.0 Å². The number of hydrogen-bond acceptors (Lipinski definition) is 4. The average molecular weight is 668 g/mol. The molecule has 1 aliphatic carbocycles. The summed E-state index contributed by atoms with van der Waals surface area (Å²) in [6.07, 6.45) is 0. The lowest BCUT2D eigenvalue weighted by Crippen LogP contribution is -2.14. The standard InChI is InChI=1S/C48H33N3O/c1-48(2)39-26-27-42-44(38-18-9-10-19-41(38)52-42)43(39)37-25-24-35(29-40(37)48)31-22-20-30(21-23-31)34-16-11-17-36(28-34)47-50-45(32-12-5-3-6-13-32)49-46(51-47)33-14-7-4-8-15-33/h3-29H,1-2H3. The quantitative estimate of drug-likeness (QED) is 0.183. The van der Waals surface area contributed by atoms with Gasteiger partial charge < -0.3 is 4.42 Å². The number of benzene rings is 7. The van der Waals surface area contributed by atoms with Crippen molar-refractivity contribution in [1.29, 1.82) is 0 Å². The predicted molar refractivity (Wildman–Crippen MR) is 212 cm³/mol. The number of hydrogen-bond donors (Lipinski definition) is 0. The lowest BCUT2D eigenvalue weighted by Gasteiger charge is -2.22. The van der Waals surface area contributed by atoms with E-state index in [9.17, 15) is 0 Å². The molecule has 0 fully saturated rings. The molecule has 0 radical (unpaired) electrons. The maximum atomic E-state index is 6.27. The molecule has 4 nitrogen and oxygen atoms in total. The zero-order valence-corrected chi connectivity index (χ0v) is 28.8. The molecule has 0 unspecified atom stereocenters. The van der Waals surface area contributed by atoms with E-state index in [1.807, 2.05) is 66.7 Å². The zero-order valence-electron chi connectivity index (χ0n) is 28.8. The minimum absolute atomic E-state index is 0.136. The van der Waals surface area contributed by atoms with Crippen LogP contribution in [0.4, 0.5) is 0 Å². The lowest BCUT2D eigenvalue weighted by molar-refractivity contribution is 0.657. The second-order valence-electron chi connectivity index (χ2n) is 14.0. The molecular formula is C48H33N3O. The molecule has 0 atom stereocenters. The summed E-state index contributed by atoms with van der Waals surface area (Å²) in [5.74, 6) is 1.96. The second kappa shape index (κ2) is 11.7. The number of aromatic nitrogens is 3. The maximum Gasteiger partial charge on any atom is 0.164 e. The predicted octanol–water partition coefficient (Wildman–Crippen LogP) is 12.4. The van der Waals surface area contributed by atoms with Crippen LogP contribution in [0.3, 0.4) is 0 Å². The van der Waals surface area contributed by atoms with Gasteiger partial charge in [0.1, 0.15) is 11.2 Å². The molecule has 9 aromatic rings. The van der Waals surface area contributed by atoms with Crippen LogP contribution in [-0.4, -0.2) is 15.0 Å². The van der Waals surface area contributed by atoms with Crippen LogP contribution in [0.5, 0.6) is 0 Å². The van der Waals surface area contributed by atoms with Gasteiger partial charge >= 0.3 is 0 Å². The Morgan fingerprint density at radius 1 is 0.404 bits per heavy atom. The first kappa shape index (κ1) is 30.2. The molecule has 0 amide bonds. The molecule has 0 bridgehead atoms. The number of para-hydroxylation sites is 1. The van der Waals surface area contributed by atoms with Crippen LogP contribution in [0.25, 0.3) is 89.5 Å². The summed E-state index contributed by atoms with van der Waals surface area (Å²) in [6, 6.07) is 57.2. The number of nitrogens with zero attached hydrogens (tertiary/aromatic N) is 3. The van der Waals surface area contributed by atoms with Crippen molar-refractivity contribution in [3.05, 3.63) is 175 Å². The van der Waals surface area contributed by atoms with E-state index < -0.39 is 0 Å². The van der Waals surface area contributed by atoms with E-state index in [0.29, 0.717) is 17.5 Å². The van der Waals surface area contributed by atoms with Crippen LogP contribution in [0, 0.1) is 0 Å². The summed E-state index contributed by atoms with van der Waals surface area (Å²) >= 11 is 0. The van der Waals surface area contributed by atoms with E-state index in [0.717, 1.165) is 39.0 Å². The van der Waals surface area contributed by atoms with Crippen molar-refractivity contribution in [2.75, 3.05) is 0 Å². The molecule has 0 saturated heterocycles. The van der Waals surface area contributed by atoms with Crippen molar-refractivity contribution in [2.45, 2.75) is 19.3 Å². The molecule has 0 spiro atoms. The van der Waals surface area contributed by atoms with Gasteiger partial charge in [-0.2, -0.15) is 0 Å². The third-order valence-corrected chi connectivity index (χ3v) is 10.6. The molecule has 7 aromatic carbocycles. The summed E-state index contributed by atoms with van der Waals surface area (Å²) in [5, 5.41) is 2.38.